The third-order valence-corrected chi connectivity index (χ3v) is 2.52. The van der Waals surface area contributed by atoms with Gasteiger partial charge in [-0.25, -0.2) is 9.67 Å². The van der Waals surface area contributed by atoms with Gasteiger partial charge in [0.15, 0.2) is 5.65 Å². The largest absolute Gasteiger partial charge is 0.247 e. The van der Waals surface area contributed by atoms with Crippen molar-refractivity contribution in [3.05, 3.63) is 24.0 Å². The lowest BCUT2D eigenvalue weighted by Gasteiger charge is -2.15. The van der Waals surface area contributed by atoms with E-state index in [0.29, 0.717) is 0 Å². The van der Waals surface area contributed by atoms with Crippen molar-refractivity contribution in [1.29, 1.82) is 0 Å². The van der Waals surface area contributed by atoms with E-state index in [9.17, 15) is 0 Å². The molecule has 0 spiro atoms. The molecule has 2 heterocycles. The average molecular weight is 203 g/mol. The Bertz CT molecular complexity index is 477. The number of rotatable bonds is 1. The van der Waals surface area contributed by atoms with Crippen molar-refractivity contribution in [1.82, 2.24) is 14.8 Å². The second-order valence-corrected chi connectivity index (χ2v) is 4.79. The molecule has 3 heteroatoms. The molecule has 3 nitrogen and oxygen atoms in total. The molecule has 0 radical (unpaired) electrons. The number of aromatic nitrogens is 3. The van der Waals surface area contributed by atoms with Crippen LogP contribution in [0.5, 0.6) is 0 Å². The first-order valence-corrected chi connectivity index (χ1v) is 5.36. The van der Waals surface area contributed by atoms with E-state index < -0.39 is 0 Å². The van der Waals surface area contributed by atoms with Crippen LogP contribution in [0.4, 0.5) is 0 Å². The van der Waals surface area contributed by atoms with Crippen LogP contribution in [-0.4, -0.2) is 14.8 Å². The zero-order valence-electron chi connectivity index (χ0n) is 9.78. The van der Waals surface area contributed by atoms with Gasteiger partial charge in [-0.3, -0.25) is 0 Å². The molecule has 0 unspecified atom stereocenters. The maximum absolute atomic E-state index is 4.63. The van der Waals surface area contributed by atoms with Gasteiger partial charge >= 0.3 is 0 Å². The normalized spacial score (nSPS) is 12.3. The van der Waals surface area contributed by atoms with Crippen molar-refractivity contribution < 1.29 is 0 Å². The molecule has 0 aliphatic rings. The second kappa shape index (κ2) is 3.33. The SMILES string of the molecule is CCn1nc(C(C)(C)C)c2cccnc21. The highest BCUT2D eigenvalue weighted by Crippen LogP contribution is 2.27. The zero-order chi connectivity index (χ0) is 11.1. The predicted octanol–water partition coefficient (Wildman–Crippen LogP) is 2.75. The molecule has 0 amide bonds. The minimum atomic E-state index is 0.0711. The fourth-order valence-electron chi connectivity index (χ4n) is 1.78. The predicted molar refractivity (Wildman–Crippen MR) is 61.9 cm³/mol. The van der Waals surface area contributed by atoms with Crippen LogP contribution in [0.3, 0.4) is 0 Å². The molecular weight excluding hydrogens is 186 g/mol. The molecule has 0 saturated carbocycles. The van der Waals surface area contributed by atoms with Gasteiger partial charge in [0.25, 0.3) is 0 Å². The molecule has 0 aliphatic heterocycles. The summed E-state index contributed by atoms with van der Waals surface area (Å²) in [4.78, 5) is 4.39. The molecule has 15 heavy (non-hydrogen) atoms. The van der Waals surface area contributed by atoms with Crippen molar-refractivity contribution >= 4 is 11.0 Å². The van der Waals surface area contributed by atoms with Crippen LogP contribution in [-0.2, 0) is 12.0 Å². The molecule has 0 aromatic carbocycles. The summed E-state index contributed by atoms with van der Waals surface area (Å²) in [5.41, 5.74) is 2.19. The van der Waals surface area contributed by atoms with E-state index in [1.165, 1.54) is 5.39 Å². The van der Waals surface area contributed by atoms with Gasteiger partial charge in [-0.2, -0.15) is 5.10 Å². The van der Waals surface area contributed by atoms with Crippen molar-refractivity contribution in [3.8, 4) is 0 Å². The number of hydrogen-bond acceptors (Lipinski definition) is 2. The summed E-state index contributed by atoms with van der Waals surface area (Å²) in [7, 11) is 0. The van der Waals surface area contributed by atoms with Crippen LogP contribution >= 0.6 is 0 Å². The average Bonchev–Trinajstić information content (AvgIpc) is 2.55. The fraction of sp³-hybridized carbons (Fsp3) is 0.500. The van der Waals surface area contributed by atoms with Crippen LogP contribution in [0, 0.1) is 0 Å². The molecule has 0 aliphatic carbocycles. The van der Waals surface area contributed by atoms with Gasteiger partial charge in [0.2, 0.25) is 0 Å². The summed E-state index contributed by atoms with van der Waals surface area (Å²) >= 11 is 0. The minimum absolute atomic E-state index is 0.0711. The van der Waals surface area contributed by atoms with E-state index in [-0.39, 0.29) is 5.41 Å². The maximum Gasteiger partial charge on any atom is 0.157 e. The Hall–Kier alpha value is -1.38. The third-order valence-electron chi connectivity index (χ3n) is 2.52. The number of fused-ring (bicyclic) bond motifs is 1. The molecule has 0 N–H and O–H groups in total. The van der Waals surface area contributed by atoms with Gasteiger partial charge < -0.3 is 0 Å². The quantitative estimate of drug-likeness (QED) is 0.713. The lowest BCUT2D eigenvalue weighted by molar-refractivity contribution is 0.546. The molecular formula is C12H17N3. The highest BCUT2D eigenvalue weighted by molar-refractivity contribution is 5.79. The van der Waals surface area contributed by atoms with Gasteiger partial charge in [-0.15, -0.1) is 0 Å². The number of hydrogen-bond donors (Lipinski definition) is 0. The lowest BCUT2D eigenvalue weighted by Crippen LogP contribution is -2.13. The van der Waals surface area contributed by atoms with Crippen LogP contribution in [0.1, 0.15) is 33.4 Å². The van der Waals surface area contributed by atoms with Crippen LogP contribution < -0.4 is 0 Å². The minimum Gasteiger partial charge on any atom is -0.247 e. The first-order valence-electron chi connectivity index (χ1n) is 5.36. The molecule has 2 rings (SSSR count). The van der Waals surface area contributed by atoms with E-state index in [2.05, 4.69) is 43.8 Å². The lowest BCUT2D eigenvalue weighted by atomic mass is 9.90. The van der Waals surface area contributed by atoms with Crippen LogP contribution in [0.15, 0.2) is 18.3 Å². The number of nitrogens with zero attached hydrogens (tertiary/aromatic N) is 3. The fourth-order valence-corrected chi connectivity index (χ4v) is 1.78. The van der Waals surface area contributed by atoms with Crippen molar-refractivity contribution in [2.75, 3.05) is 0 Å². The van der Waals surface area contributed by atoms with Gasteiger partial charge in [0, 0.05) is 23.5 Å². The third kappa shape index (κ3) is 1.62. The van der Waals surface area contributed by atoms with Crippen molar-refractivity contribution in [3.63, 3.8) is 0 Å². The number of pyridine rings is 1. The summed E-state index contributed by atoms with van der Waals surface area (Å²) in [6, 6.07) is 4.07. The highest BCUT2D eigenvalue weighted by atomic mass is 15.3. The Morgan fingerprint density at radius 2 is 2.07 bits per heavy atom. The van der Waals surface area contributed by atoms with Gasteiger partial charge in [-0.1, -0.05) is 20.8 Å². The Labute approximate surface area is 90.1 Å². The van der Waals surface area contributed by atoms with E-state index >= 15 is 0 Å². The Morgan fingerprint density at radius 1 is 1.33 bits per heavy atom. The Balaban J connectivity index is 2.76. The standard InChI is InChI=1S/C12H17N3/c1-5-15-11-9(7-6-8-13-11)10(14-15)12(2,3)4/h6-8H,5H2,1-4H3. The maximum atomic E-state index is 4.63. The first kappa shape index (κ1) is 10.1. The van der Waals surface area contributed by atoms with Crippen molar-refractivity contribution in [2.45, 2.75) is 39.7 Å². The van der Waals surface area contributed by atoms with Gasteiger partial charge in [0.1, 0.15) is 0 Å². The van der Waals surface area contributed by atoms with Gasteiger partial charge in [0.05, 0.1) is 5.69 Å². The Kier molecular flexibility index (Phi) is 2.25. The smallest absolute Gasteiger partial charge is 0.157 e. The summed E-state index contributed by atoms with van der Waals surface area (Å²) in [5, 5.41) is 5.81. The monoisotopic (exact) mass is 203 g/mol. The van der Waals surface area contributed by atoms with Crippen molar-refractivity contribution in [2.24, 2.45) is 0 Å². The number of aryl methyl sites for hydroxylation is 1. The second-order valence-electron chi connectivity index (χ2n) is 4.79. The van der Waals surface area contributed by atoms with E-state index in [4.69, 9.17) is 0 Å². The van der Waals surface area contributed by atoms with Gasteiger partial charge in [-0.05, 0) is 19.1 Å². The summed E-state index contributed by atoms with van der Waals surface area (Å²) in [5.74, 6) is 0. The van der Waals surface area contributed by atoms with E-state index in [1.807, 2.05) is 16.9 Å². The summed E-state index contributed by atoms with van der Waals surface area (Å²) < 4.78 is 1.97. The first-order chi connectivity index (χ1) is 7.04. The van der Waals surface area contributed by atoms with E-state index in [0.717, 1.165) is 17.9 Å². The molecule has 0 atom stereocenters. The highest BCUT2D eigenvalue weighted by Gasteiger charge is 2.22. The summed E-state index contributed by atoms with van der Waals surface area (Å²) in [6.07, 6.45) is 1.82. The van der Waals surface area contributed by atoms with E-state index in [1.54, 1.807) is 0 Å². The van der Waals surface area contributed by atoms with Crippen LogP contribution in [0.25, 0.3) is 11.0 Å². The molecule has 2 aromatic heterocycles. The molecule has 0 saturated heterocycles. The zero-order valence-corrected chi connectivity index (χ0v) is 9.78. The molecule has 0 bridgehead atoms. The topological polar surface area (TPSA) is 30.7 Å². The summed E-state index contributed by atoms with van der Waals surface area (Å²) in [6.45, 7) is 9.50. The molecule has 80 valence electrons. The molecule has 0 fully saturated rings. The Morgan fingerprint density at radius 3 is 2.67 bits per heavy atom. The molecule has 2 aromatic rings. The van der Waals surface area contributed by atoms with Crippen LogP contribution in [0.2, 0.25) is 0 Å².